The summed E-state index contributed by atoms with van der Waals surface area (Å²) in [4.78, 5) is 24.0. The van der Waals surface area contributed by atoms with Gasteiger partial charge in [0.25, 0.3) is 0 Å². The summed E-state index contributed by atoms with van der Waals surface area (Å²) in [5.41, 5.74) is 0. The maximum Gasteiger partial charge on any atom is 0.305 e. The second-order valence-electron chi connectivity index (χ2n) is 14.4. The Kier molecular flexibility index (Phi) is 35.9. The molecule has 7 nitrogen and oxygen atoms in total. The third kappa shape index (κ3) is 37.3. The van der Waals surface area contributed by atoms with Gasteiger partial charge >= 0.3 is 11.9 Å². The zero-order chi connectivity index (χ0) is 37.6. The first-order valence-electron chi connectivity index (χ1n) is 20.8. The zero-order valence-electron chi connectivity index (χ0n) is 33.0. The Hall–Kier alpha value is -2.22. The maximum absolute atomic E-state index is 12.0. The van der Waals surface area contributed by atoms with Gasteiger partial charge in [0.1, 0.15) is 19.3 Å². The predicted molar refractivity (Wildman–Crippen MR) is 212 cm³/mol. The number of aliphatic hydroxyl groups is 3. The molecule has 0 saturated carbocycles. The molecule has 0 saturated heterocycles. The van der Waals surface area contributed by atoms with Crippen LogP contribution in [0.15, 0.2) is 48.6 Å². The van der Waals surface area contributed by atoms with Crippen LogP contribution in [-0.2, 0) is 19.1 Å². The van der Waals surface area contributed by atoms with Crippen molar-refractivity contribution < 1.29 is 34.4 Å². The summed E-state index contributed by atoms with van der Waals surface area (Å²) >= 11 is 0. The molecule has 0 aliphatic carbocycles. The molecule has 0 bridgehead atoms. The number of carbonyl (C=O) groups is 2. The van der Waals surface area contributed by atoms with Gasteiger partial charge in [-0.15, -0.1) is 0 Å². The first kappa shape index (κ1) is 48.8. The van der Waals surface area contributed by atoms with Crippen LogP contribution in [0.3, 0.4) is 0 Å². The van der Waals surface area contributed by atoms with Gasteiger partial charge in [-0.05, 0) is 38.0 Å². The molecule has 0 radical (unpaired) electrons. The Morgan fingerprint density at radius 2 is 0.941 bits per heavy atom. The van der Waals surface area contributed by atoms with Crippen LogP contribution in [0.2, 0.25) is 0 Å². The zero-order valence-corrected chi connectivity index (χ0v) is 33.0. The number of carbonyl (C=O) groups excluding carboxylic acids is 2. The maximum atomic E-state index is 12.0. The van der Waals surface area contributed by atoms with E-state index in [1.807, 2.05) is 36.5 Å². The lowest BCUT2D eigenvalue weighted by atomic mass is 9.99. The van der Waals surface area contributed by atoms with Crippen molar-refractivity contribution in [2.45, 2.75) is 200 Å². The molecule has 4 atom stereocenters. The molecule has 0 spiro atoms. The highest BCUT2D eigenvalue weighted by molar-refractivity contribution is 5.69. The van der Waals surface area contributed by atoms with Gasteiger partial charge in [-0.2, -0.15) is 0 Å². The van der Waals surface area contributed by atoms with Crippen molar-refractivity contribution in [3.05, 3.63) is 48.6 Å². The largest absolute Gasteiger partial charge is 0.463 e. The molecule has 296 valence electrons. The van der Waals surface area contributed by atoms with E-state index in [-0.39, 0.29) is 31.7 Å². The SMILES string of the molecule is CCCCC[C@H](O)/C=C/C=C\C/C=C\C=C\[C@H](O)CCCC(=O)OC[C@H](O)COC(=O)CCCCCCCCCCCCCCCCC(C)CC. The van der Waals surface area contributed by atoms with Crippen molar-refractivity contribution in [1.29, 1.82) is 0 Å². The highest BCUT2D eigenvalue weighted by Crippen LogP contribution is 2.16. The third-order valence-electron chi connectivity index (χ3n) is 9.32. The summed E-state index contributed by atoms with van der Waals surface area (Å²) < 4.78 is 10.2. The van der Waals surface area contributed by atoms with Crippen molar-refractivity contribution in [2.24, 2.45) is 5.92 Å². The van der Waals surface area contributed by atoms with Crippen molar-refractivity contribution in [3.63, 3.8) is 0 Å². The van der Waals surface area contributed by atoms with E-state index in [2.05, 4.69) is 20.8 Å². The van der Waals surface area contributed by atoms with Crippen molar-refractivity contribution in [1.82, 2.24) is 0 Å². The molecular formula is C44H78O7. The molecule has 1 unspecified atom stereocenters. The number of esters is 2. The van der Waals surface area contributed by atoms with Crippen LogP contribution < -0.4 is 0 Å². The Morgan fingerprint density at radius 1 is 0.529 bits per heavy atom. The normalized spacial score (nSPS) is 14.5. The first-order chi connectivity index (χ1) is 24.8. The van der Waals surface area contributed by atoms with Crippen LogP contribution in [0, 0.1) is 5.92 Å². The van der Waals surface area contributed by atoms with Gasteiger partial charge in [-0.25, -0.2) is 0 Å². The molecule has 7 heteroatoms. The lowest BCUT2D eigenvalue weighted by molar-refractivity contribution is -0.152. The van der Waals surface area contributed by atoms with Crippen LogP contribution in [-0.4, -0.2) is 58.8 Å². The minimum atomic E-state index is -1.05. The van der Waals surface area contributed by atoms with E-state index < -0.39 is 18.2 Å². The van der Waals surface area contributed by atoms with Crippen molar-refractivity contribution in [2.75, 3.05) is 13.2 Å². The topological polar surface area (TPSA) is 113 Å². The molecular weight excluding hydrogens is 640 g/mol. The number of ether oxygens (including phenoxy) is 2. The minimum absolute atomic E-state index is 0.137. The number of unbranched alkanes of at least 4 members (excludes halogenated alkanes) is 15. The number of aliphatic hydroxyl groups excluding tert-OH is 3. The number of hydrogen-bond acceptors (Lipinski definition) is 7. The minimum Gasteiger partial charge on any atom is -0.463 e. The summed E-state index contributed by atoms with van der Waals surface area (Å²) in [6, 6.07) is 0. The fourth-order valence-electron chi connectivity index (χ4n) is 5.69. The fraction of sp³-hybridized carbons (Fsp3) is 0.773. The molecule has 0 aliphatic heterocycles. The van der Waals surface area contributed by atoms with E-state index in [1.165, 1.54) is 83.5 Å². The van der Waals surface area contributed by atoms with Crippen molar-refractivity contribution in [3.8, 4) is 0 Å². The average molecular weight is 719 g/mol. The molecule has 0 fully saturated rings. The van der Waals surface area contributed by atoms with E-state index in [9.17, 15) is 24.9 Å². The predicted octanol–water partition coefficient (Wildman–Crippen LogP) is 10.8. The van der Waals surface area contributed by atoms with E-state index >= 15 is 0 Å². The highest BCUT2D eigenvalue weighted by atomic mass is 16.6. The molecule has 0 aromatic rings. The molecule has 0 aromatic carbocycles. The lowest BCUT2D eigenvalue weighted by Crippen LogP contribution is -2.25. The number of rotatable bonds is 36. The molecule has 3 N–H and O–H groups in total. The second-order valence-corrected chi connectivity index (χ2v) is 14.4. The van der Waals surface area contributed by atoms with E-state index in [4.69, 9.17) is 9.47 Å². The standard InChI is InChI=1S/C44H78O7/c1-4-6-24-31-40(45)32-26-21-17-15-18-22-27-33-41(46)34-29-36-44(49)51-38-42(47)37-50-43(48)35-28-23-19-14-12-10-8-7-9-11-13-16-20-25-30-39(3)5-2/h17-18,21-22,26-27,32-33,39-42,45-47H,4-16,19-20,23-25,28-31,34-38H2,1-3H3/b21-17-,22-18-,32-26+,33-27+/t39?,40-,41-,42+/m0/s1. The van der Waals surface area contributed by atoms with Gasteiger partial charge in [0.15, 0.2) is 0 Å². The Morgan fingerprint density at radius 3 is 1.41 bits per heavy atom. The highest BCUT2D eigenvalue weighted by Gasteiger charge is 2.12. The monoisotopic (exact) mass is 719 g/mol. The molecule has 0 aromatic heterocycles. The summed E-state index contributed by atoms with van der Waals surface area (Å²) in [6.45, 7) is 6.39. The van der Waals surface area contributed by atoms with Gasteiger partial charge in [-0.1, -0.05) is 185 Å². The third-order valence-corrected chi connectivity index (χ3v) is 9.32. The van der Waals surface area contributed by atoms with Crippen LogP contribution in [0.1, 0.15) is 181 Å². The van der Waals surface area contributed by atoms with Gasteiger partial charge < -0.3 is 24.8 Å². The average Bonchev–Trinajstić information content (AvgIpc) is 3.12. The summed E-state index contributed by atoms with van der Waals surface area (Å²) in [5, 5.41) is 30.0. The smallest absolute Gasteiger partial charge is 0.305 e. The number of hydrogen-bond donors (Lipinski definition) is 3. The van der Waals surface area contributed by atoms with E-state index in [0.29, 0.717) is 19.3 Å². The van der Waals surface area contributed by atoms with E-state index in [0.717, 1.165) is 57.3 Å². The van der Waals surface area contributed by atoms with Crippen molar-refractivity contribution >= 4 is 11.9 Å². The Balaban J connectivity index is 3.65. The van der Waals surface area contributed by atoms with E-state index in [1.54, 1.807) is 12.2 Å². The van der Waals surface area contributed by atoms with Gasteiger partial charge in [0.05, 0.1) is 12.2 Å². The lowest BCUT2D eigenvalue weighted by Gasteiger charge is -2.12. The second kappa shape index (κ2) is 37.5. The Bertz CT molecular complexity index is 909. The number of allylic oxidation sites excluding steroid dienone is 6. The molecule has 0 heterocycles. The summed E-state index contributed by atoms with van der Waals surface area (Å²) in [7, 11) is 0. The molecule has 0 rings (SSSR count). The summed E-state index contributed by atoms with van der Waals surface area (Å²) in [5.74, 6) is 0.108. The van der Waals surface area contributed by atoms with Crippen LogP contribution in [0.5, 0.6) is 0 Å². The van der Waals surface area contributed by atoms with Gasteiger partial charge in [-0.3, -0.25) is 9.59 Å². The van der Waals surface area contributed by atoms with Gasteiger partial charge in [0, 0.05) is 12.8 Å². The first-order valence-corrected chi connectivity index (χ1v) is 20.8. The van der Waals surface area contributed by atoms with Crippen LogP contribution in [0.4, 0.5) is 0 Å². The molecule has 0 amide bonds. The molecule has 0 aliphatic rings. The van der Waals surface area contributed by atoms with Gasteiger partial charge in [0.2, 0.25) is 0 Å². The quantitative estimate of drug-likeness (QED) is 0.0336. The summed E-state index contributed by atoms with van der Waals surface area (Å²) in [6.07, 6.45) is 39.5. The van der Waals surface area contributed by atoms with Crippen LogP contribution >= 0.6 is 0 Å². The Labute approximate surface area is 313 Å². The molecule has 51 heavy (non-hydrogen) atoms. The fourth-order valence-corrected chi connectivity index (χ4v) is 5.69. The van der Waals surface area contributed by atoms with Crippen LogP contribution in [0.25, 0.3) is 0 Å².